The van der Waals surface area contributed by atoms with Gasteiger partial charge in [-0.2, -0.15) is 0 Å². The maximum absolute atomic E-state index is 2.76. The van der Waals surface area contributed by atoms with Crippen LogP contribution in [0.1, 0.15) is 38.5 Å². The molecule has 0 aromatic heterocycles. The smallest absolute Gasteiger partial charge is 0.0533 e. The number of benzene rings is 3. The van der Waals surface area contributed by atoms with E-state index in [1.165, 1.54) is 56.1 Å². The topological polar surface area (TPSA) is 6.48 Å². The Balaban J connectivity index is 1.01. The van der Waals surface area contributed by atoms with E-state index in [1.54, 1.807) is 0 Å². The predicted molar refractivity (Wildman–Crippen MR) is 255 cm³/mol. The van der Waals surface area contributed by atoms with Gasteiger partial charge in [0.25, 0.3) is 0 Å². The number of anilines is 2. The third-order valence-electron chi connectivity index (χ3n) is 15.7. The molecule has 0 saturated heterocycles. The lowest BCUT2D eigenvalue weighted by atomic mass is 9.57. The molecule has 0 bridgehead atoms. The van der Waals surface area contributed by atoms with Gasteiger partial charge in [0, 0.05) is 39.8 Å². The molecule has 0 N–H and O–H groups in total. The molecule has 0 aliphatic heterocycles. The van der Waals surface area contributed by atoms with Gasteiger partial charge in [-0.25, -0.2) is 0 Å². The molecule has 0 radical (unpaired) electrons. The Hall–Kier alpha value is -6.12. The Kier molecular flexibility index (Phi) is 9.09. The van der Waals surface area contributed by atoms with Crippen molar-refractivity contribution in [3.8, 4) is 0 Å². The first kappa shape index (κ1) is 36.7. The van der Waals surface area contributed by atoms with Crippen LogP contribution in [-0.2, 0) is 0 Å². The van der Waals surface area contributed by atoms with Crippen molar-refractivity contribution in [3.05, 3.63) is 240 Å². The second-order valence-electron chi connectivity index (χ2n) is 18.5. The summed E-state index contributed by atoms with van der Waals surface area (Å²) in [7, 11) is 0. The van der Waals surface area contributed by atoms with Crippen molar-refractivity contribution in [2.24, 2.45) is 52.8 Å². The number of nitrogens with zero attached hydrogens (tertiary/aromatic N) is 2. The highest BCUT2D eigenvalue weighted by molar-refractivity contribution is 5.96. The van der Waals surface area contributed by atoms with Crippen molar-refractivity contribution in [2.75, 3.05) is 9.80 Å². The summed E-state index contributed by atoms with van der Waals surface area (Å²) in [5.41, 5.74) is 11.1. The van der Waals surface area contributed by atoms with Crippen molar-refractivity contribution in [3.63, 3.8) is 0 Å². The molecule has 9 atom stereocenters. The van der Waals surface area contributed by atoms with Crippen molar-refractivity contribution >= 4 is 22.1 Å². The Bertz CT molecular complexity index is 2710. The monoisotopic (exact) mass is 790 g/mol. The Morgan fingerprint density at radius 3 is 1.98 bits per heavy atom. The zero-order valence-electron chi connectivity index (χ0n) is 34.9. The lowest BCUT2D eigenvalue weighted by molar-refractivity contribution is 0.0886. The average molecular weight is 791 g/mol. The molecule has 2 nitrogen and oxygen atoms in total. The molecule has 3 aromatic carbocycles. The van der Waals surface area contributed by atoms with E-state index in [-0.39, 0.29) is 5.41 Å². The van der Waals surface area contributed by atoms with Gasteiger partial charge in [-0.15, -0.1) is 0 Å². The number of allylic oxidation sites excluding steroid dienone is 27. The van der Waals surface area contributed by atoms with Gasteiger partial charge >= 0.3 is 0 Å². The van der Waals surface area contributed by atoms with Crippen molar-refractivity contribution in [1.82, 2.24) is 0 Å². The van der Waals surface area contributed by atoms with E-state index in [2.05, 4.69) is 216 Å². The lowest BCUT2D eigenvalue weighted by Crippen LogP contribution is -2.44. The van der Waals surface area contributed by atoms with Crippen LogP contribution < -0.4 is 9.80 Å². The number of hydrogen-bond acceptors (Lipinski definition) is 2. The highest BCUT2D eigenvalue weighted by atomic mass is 15.2. The molecule has 12 rings (SSSR count). The van der Waals surface area contributed by atoms with Crippen LogP contribution >= 0.6 is 0 Å². The summed E-state index contributed by atoms with van der Waals surface area (Å²) in [6, 6.07) is 27.0. The number of rotatable bonds is 7. The fraction of sp³-hybridized carbons (Fsp3) is 0.254. The minimum Gasteiger partial charge on any atom is -0.317 e. The van der Waals surface area contributed by atoms with Crippen LogP contribution in [0.2, 0.25) is 0 Å². The first-order valence-corrected chi connectivity index (χ1v) is 23.0. The van der Waals surface area contributed by atoms with E-state index >= 15 is 0 Å². The largest absolute Gasteiger partial charge is 0.317 e. The number of fused-ring (bicyclic) bond motifs is 11. The summed E-state index contributed by atoms with van der Waals surface area (Å²) in [6.45, 7) is 0. The second-order valence-corrected chi connectivity index (χ2v) is 18.5. The number of para-hydroxylation sites is 1. The fourth-order valence-corrected chi connectivity index (χ4v) is 13.4. The quantitative estimate of drug-likeness (QED) is 0.235. The van der Waals surface area contributed by atoms with E-state index in [9.17, 15) is 0 Å². The van der Waals surface area contributed by atoms with E-state index in [4.69, 9.17) is 0 Å². The van der Waals surface area contributed by atoms with Crippen LogP contribution in [0.3, 0.4) is 0 Å². The molecule has 9 aliphatic rings. The molecular formula is C59H54N2. The molecule has 61 heavy (non-hydrogen) atoms. The highest BCUT2D eigenvalue weighted by Crippen LogP contribution is 2.74. The first-order chi connectivity index (χ1) is 30.3. The van der Waals surface area contributed by atoms with Gasteiger partial charge in [-0.3, -0.25) is 0 Å². The molecular weight excluding hydrogens is 737 g/mol. The summed E-state index contributed by atoms with van der Waals surface area (Å²) in [5, 5.41) is 2.61. The van der Waals surface area contributed by atoms with Gasteiger partial charge in [0.05, 0.1) is 5.69 Å². The number of hydrogen-bond donors (Lipinski definition) is 0. The molecule has 1 spiro atoms. The summed E-state index contributed by atoms with van der Waals surface area (Å²) in [4.78, 5) is 5.30. The van der Waals surface area contributed by atoms with Crippen molar-refractivity contribution in [1.29, 1.82) is 0 Å². The molecule has 0 amide bonds. The van der Waals surface area contributed by atoms with E-state index in [1.807, 2.05) is 0 Å². The summed E-state index contributed by atoms with van der Waals surface area (Å²) in [5.74, 6) is 3.07. The maximum Gasteiger partial charge on any atom is 0.0533 e. The normalized spacial score (nSPS) is 32.3. The molecule has 300 valence electrons. The van der Waals surface area contributed by atoms with Gasteiger partial charge in [-0.05, 0) is 144 Å². The van der Waals surface area contributed by atoms with E-state index in [0.717, 1.165) is 38.5 Å². The molecule has 2 heteroatoms. The zero-order chi connectivity index (χ0) is 40.3. The second kappa shape index (κ2) is 15.1. The maximum atomic E-state index is 2.76. The van der Waals surface area contributed by atoms with Crippen LogP contribution in [0.15, 0.2) is 240 Å². The van der Waals surface area contributed by atoms with Crippen LogP contribution in [0.4, 0.5) is 11.4 Å². The Morgan fingerprint density at radius 2 is 1.18 bits per heavy atom. The van der Waals surface area contributed by atoms with Gasteiger partial charge in [0.15, 0.2) is 0 Å². The van der Waals surface area contributed by atoms with Crippen LogP contribution in [0, 0.1) is 52.8 Å². The highest BCUT2D eigenvalue weighted by Gasteiger charge is 2.70. The third-order valence-corrected chi connectivity index (χ3v) is 15.7. The van der Waals surface area contributed by atoms with Gasteiger partial charge in [0.2, 0.25) is 0 Å². The fourth-order valence-electron chi connectivity index (χ4n) is 13.4. The predicted octanol–water partition coefficient (Wildman–Crippen LogP) is 14.4. The van der Waals surface area contributed by atoms with Gasteiger partial charge in [0.1, 0.15) is 0 Å². The van der Waals surface area contributed by atoms with Gasteiger partial charge < -0.3 is 9.80 Å². The molecule has 2 saturated carbocycles. The first-order valence-electron chi connectivity index (χ1n) is 23.0. The molecule has 2 fully saturated rings. The van der Waals surface area contributed by atoms with Crippen molar-refractivity contribution in [2.45, 2.75) is 38.5 Å². The lowest BCUT2D eigenvalue weighted by Gasteiger charge is -2.47. The minimum absolute atomic E-state index is 0.0260. The van der Waals surface area contributed by atoms with E-state index in [0.29, 0.717) is 47.3 Å². The van der Waals surface area contributed by atoms with Gasteiger partial charge in [-0.1, -0.05) is 164 Å². The Labute approximate surface area is 362 Å². The Morgan fingerprint density at radius 1 is 0.475 bits per heavy atom. The third kappa shape index (κ3) is 5.82. The molecule has 3 aromatic rings. The summed E-state index contributed by atoms with van der Waals surface area (Å²) >= 11 is 0. The standard InChI is InChI=1S/C59H54N2/c1-4-18-41(19-5-1)42-34-36-46(37-35-42)60(44-22-6-2-7-23-44)47-38-39-50-49-27-12-14-29-52(49)59(55(50)40-47)53-30-15-13-28-51(53)58-54(59)31-17-33-57(58)61(45-24-8-3-9-25-45)56-32-16-21-43-20-10-11-26-48(43)56/h1-4,6-8,10-18,20-24,26-34,36,38-40,49-55,58H,5,9,19,25,35,37H2. The molecule has 0 heterocycles. The van der Waals surface area contributed by atoms with Crippen LogP contribution in [0.25, 0.3) is 10.8 Å². The van der Waals surface area contributed by atoms with Crippen LogP contribution in [-0.4, -0.2) is 0 Å². The van der Waals surface area contributed by atoms with Crippen molar-refractivity contribution < 1.29 is 0 Å². The molecule has 9 aliphatic carbocycles. The molecule has 9 unspecified atom stereocenters. The van der Waals surface area contributed by atoms with E-state index < -0.39 is 0 Å². The zero-order valence-corrected chi connectivity index (χ0v) is 34.9. The van der Waals surface area contributed by atoms with Crippen LogP contribution in [0.5, 0.6) is 0 Å². The minimum atomic E-state index is -0.0260. The average Bonchev–Trinajstić information content (AvgIpc) is 3.81. The SMILES string of the molecule is C1=CCCC(C2=CC=C(N(C3=CC4C(C=C3)C3C=CC=CC3C43C4C=CC=CC4C4C(N(C5=CC=CCC5)c5cccc6ccccc56)=CC=CC43)c3ccccc3)CC2)=C1. The summed E-state index contributed by atoms with van der Waals surface area (Å²) in [6.07, 6.45) is 60.5. The summed E-state index contributed by atoms with van der Waals surface area (Å²) < 4.78 is 0.